The number of carboxylic acid groups (broad SMARTS) is 1. The van der Waals surface area contributed by atoms with E-state index in [9.17, 15) is 14.4 Å². The van der Waals surface area contributed by atoms with E-state index in [1.54, 1.807) is 0 Å². The Hall–Kier alpha value is -1.95. The molecule has 0 amide bonds. The van der Waals surface area contributed by atoms with Gasteiger partial charge >= 0.3 is 11.9 Å². The van der Waals surface area contributed by atoms with Crippen molar-refractivity contribution >= 4 is 18.2 Å². The number of hydrogen-bond donors (Lipinski definition) is 1. The highest BCUT2D eigenvalue weighted by Gasteiger charge is 2.44. The van der Waals surface area contributed by atoms with E-state index in [0.29, 0.717) is 12.3 Å². The smallest absolute Gasteiger partial charge is 0.317 e. The number of aliphatic carboxylic acids is 1. The van der Waals surface area contributed by atoms with E-state index < -0.39 is 18.4 Å². The summed E-state index contributed by atoms with van der Waals surface area (Å²) in [5.41, 5.74) is 1.88. The molecular formula is C23H34O6. The largest absolute Gasteiger partial charge is 0.481 e. The minimum absolute atomic E-state index is 0.0271. The van der Waals surface area contributed by atoms with Crippen molar-refractivity contribution in [2.75, 3.05) is 6.61 Å². The molecule has 0 aromatic carbocycles. The zero-order valence-electron chi connectivity index (χ0n) is 17.8. The van der Waals surface area contributed by atoms with Gasteiger partial charge in [0, 0.05) is 5.92 Å². The van der Waals surface area contributed by atoms with E-state index in [-0.39, 0.29) is 24.2 Å². The van der Waals surface area contributed by atoms with Gasteiger partial charge in [-0.3, -0.25) is 14.4 Å². The fourth-order valence-electron chi connectivity index (χ4n) is 4.28. The van der Waals surface area contributed by atoms with Crippen LogP contribution in [-0.2, 0) is 23.9 Å². The minimum Gasteiger partial charge on any atom is -0.481 e. The first kappa shape index (κ1) is 23.3. The predicted octanol–water partition coefficient (Wildman–Crippen LogP) is 4.23. The molecule has 2 aliphatic rings. The Kier molecular flexibility index (Phi) is 8.62. The first-order valence-corrected chi connectivity index (χ1v) is 10.6. The lowest BCUT2D eigenvalue weighted by Crippen LogP contribution is -2.31. The van der Waals surface area contributed by atoms with Gasteiger partial charge < -0.3 is 14.6 Å². The van der Waals surface area contributed by atoms with Crippen LogP contribution in [0.25, 0.3) is 0 Å². The molecule has 1 N–H and O–H groups in total. The number of carbonyl (C=O) groups excluding carboxylic acids is 2. The van der Waals surface area contributed by atoms with Gasteiger partial charge in [-0.25, -0.2) is 0 Å². The first-order valence-electron chi connectivity index (χ1n) is 10.6. The maximum Gasteiger partial charge on any atom is 0.317 e. The van der Waals surface area contributed by atoms with Crippen molar-refractivity contribution in [3.8, 4) is 0 Å². The lowest BCUT2D eigenvalue weighted by Gasteiger charge is -2.28. The highest BCUT2D eigenvalue weighted by atomic mass is 16.5. The molecule has 0 spiro atoms. The van der Waals surface area contributed by atoms with Crippen LogP contribution < -0.4 is 0 Å². The van der Waals surface area contributed by atoms with Gasteiger partial charge in [-0.2, -0.15) is 0 Å². The Morgan fingerprint density at radius 1 is 1.24 bits per heavy atom. The number of hydrogen-bond acceptors (Lipinski definition) is 5. The Balaban J connectivity index is 2.15. The van der Waals surface area contributed by atoms with Gasteiger partial charge in [0.25, 0.3) is 0 Å². The molecule has 6 heteroatoms. The van der Waals surface area contributed by atoms with E-state index in [1.165, 1.54) is 5.57 Å². The number of fused-ring (bicyclic) bond motifs is 2. The predicted molar refractivity (Wildman–Crippen MR) is 109 cm³/mol. The van der Waals surface area contributed by atoms with Crippen LogP contribution in [0.3, 0.4) is 0 Å². The van der Waals surface area contributed by atoms with Gasteiger partial charge in [0.05, 0.1) is 18.3 Å². The lowest BCUT2D eigenvalue weighted by atomic mass is 9.82. The summed E-state index contributed by atoms with van der Waals surface area (Å²) in [6, 6.07) is 0. The molecule has 0 aromatic heterocycles. The van der Waals surface area contributed by atoms with E-state index in [0.717, 1.165) is 50.4 Å². The van der Waals surface area contributed by atoms with Gasteiger partial charge in [-0.05, 0) is 77.2 Å². The number of allylic oxidation sites excluding steroid dienone is 4. The lowest BCUT2D eigenvalue weighted by molar-refractivity contribution is -0.153. The highest BCUT2D eigenvalue weighted by Crippen LogP contribution is 2.42. The minimum atomic E-state index is -1.19. The Bertz CT molecular complexity index is 660. The van der Waals surface area contributed by atoms with Gasteiger partial charge in [0.15, 0.2) is 0 Å². The summed E-state index contributed by atoms with van der Waals surface area (Å²) < 4.78 is 11.6. The standard InChI is InChI=1S/C23H34O6/c1-16-6-4-7-17(14-24)8-5-9-18(15-28-22(27)13-21(25)26)20-12-19(11-10-16)23(2,3)29-20/h6,8,14,18-20H,4-5,7,9-13,15H2,1-3H3,(H,25,26)/b16-6-,17-8+/t18?,19-,20-/m0/s1. The second kappa shape index (κ2) is 10.7. The number of esters is 1. The molecule has 0 saturated carbocycles. The molecule has 1 heterocycles. The molecule has 1 unspecified atom stereocenters. The maximum atomic E-state index is 11.7. The Labute approximate surface area is 173 Å². The van der Waals surface area contributed by atoms with Crippen LogP contribution in [0, 0.1) is 11.8 Å². The average Bonchev–Trinajstić information content (AvgIpc) is 2.94. The van der Waals surface area contributed by atoms with Gasteiger partial charge in [0.1, 0.15) is 12.7 Å². The fraction of sp³-hybridized carbons (Fsp3) is 0.696. The summed E-state index contributed by atoms with van der Waals surface area (Å²) >= 11 is 0. The van der Waals surface area contributed by atoms with Crippen LogP contribution in [0.2, 0.25) is 0 Å². The average molecular weight is 407 g/mol. The van der Waals surface area contributed by atoms with Crippen LogP contribution >= 0.6 is 0 Å². The fourth-order valence-corrected chi connectivity index (χ4v) is 4.28. The molecule has 0 radical (unpaired) electrons. The molecule has 29 heavy (non-hydrogen) atoms. The summed E-state index contributed by atoms with van der Waals surface area (Å²) in [5.74, 6) is -1.53. The molecule has 0 aromatic rings. The second-order valence-corrected chi connectivity index (χ2v) is 8.81. The maximum absolute atomic E-state index is 11.7. The first-order chi connectivity index (χ1) is 13.7. The zero-order chi connectivity index (χ0) is 21.4. The summed E-state index contributed by atoms with van der Waals surface area (Å²) in [7, 11) is 0. The van der Waals surface area contributed by atoms with Gasteiger partial charge in [-0.1, -0.05) is 17.7 Å². The van der Waals surface area contributed by atoms with Crippen molar-refractivity contribution in [2.24, 2.45) is 11.8 Å². The summed E-state index contributed by atoms with van der Waals surface area (Å²) in [5, 5.41) is 8.76. The third kappa shape index (κ3) is 7.42. The van der Waals surface area contributed by atoms with Crippen LogP contribution in [-0.4, -0.2) is 41.6 Å². The molecular weight excluding hydrogens is 372 g/mol. The highest BCUT2D eigenvalue weighted by molar-refractivity contribution is 5.90. The molecule has 1 saturated heterocycles. The van der Waals surface area contributed by atoms with Crippen molar-refractivity contribution in [2.45, 2.75) is 83.8 Å². The van der Waals surface area contributed by atoms with E-state index >= 15 is 0 Å². The van der Waals surface area contributed by atoms with Crippen LogP contribution in [0.4, 0.5) is 0 Å². The summed E-state index contributed by atoms with van der Waals surface area (Å²) in [4.78, 5) is 33.8. The second-order valence-electron chi connectivity index (χ2n) is 8.81. The number of ether oxygens (including phenoxy) is 2. The normalized spacial score (nSPS) is 31.5. The van der Waals surface area contributed by atoms with Crippen molar-refractivity contribution in [3.05, 3.63) is 23.3 Å². The quantitative estimate of drug-likeness (QED) is 0.318. The monoisotopic (exact) mass is 406 g/mol. The third-order valence-electron chi connectivity index (χ3n) is 6.14. The van der Waals surface area contributed by atoms with Crippen molar-refractivity contribution in [3.63, 3.8) is 0 Å². The van der Waals surface area contributed by atoms with E-state index in [2.05, 4.69) is 26.8 Å². The van der Waals surface area contributed by atoms with E-state index in [1.807, 2.05) is 6.08 Å². The van der Waals surface area contributed by atoms with Crippen molar-refractivity contribution in [1.82, 2.24) is 0 Å². The number of carboxylic acids is 1. The Morgan fingerprint density at radius 2 is 2.00 bits per heavy atom. The molecule has 1 fully saturated rings. The topological polar surface area (TPSA) is 89.9 Å². The van der Waals surface area contributed by atoms with Crippen LogP contribution in [0.15, 0.2) is 23.3 Å². The zero-order valence-corrected chi connectivity index (χ0v) is 17.8. The summed E-state index contributed by atoms with van der Waals surface area (Å²) in [6.07, 6.45) is 10.4. The van der Waals surface area contributed by atoms with Gasteiger partial charge in [0.2, 0.25) is 0 Å². The van der Waals surface area contributed by atoms with Gasteiger partial charge in [-0.15, -0.1) is 0 Å². The summed E-state index contributed by atoms with van der Waals surface area (Å²) in [6.45, 7) is 6.52. The third-order valence-corrected chi connectivity index (χ3v) is 6.14. The molecule has 6 nitrogen and oxygen atoms in total. The molecule has 2 bridgehead atoms. The van der Waals surface area contributed by atoms with Crippen LogP contribution in [0.1, 0.15) is 72.1 Å². The molecule has 1 aliphatic heterocycles. The van der Waals surface area contributed by atoms with Crippen molar-refractivity contribution < 1.29 is 29.0 Å². The number of carbonyl (C=O) groups is 3. The molecule has 1 aliphatic carbocycles. The SMILES string of the molecule is C/C1=C/CC/C(C=O)=C\CCC(COC(=O)CC(=O)O)[C@@H]2C[C@H](CC1)C(C)(C)O2. The van der Waals surface area contributed by atoms with Crippen molar-refractivity contribution in [1.29, 1.82) is 0 Å². The molecule has 3 atom stereocenters. The number of rotatable bonds is 5. The molecule has 162 valence electrons. The Morgan fingerprint density at radius 3 is 2.69 bits per heavy atom. The molecule has 2 rings (SSSR count). The van der Waals surface area contributed by atoms with Crippen LogP contribution in [0.5, 0.6) is 0 Å². The number of aldehydes is 1. The van der Waals surface area contributed by atoms with E-state index in [4.69, 9.17) is 14.6 Å².